The smallest absolute Gasteiger partial charge is 0.375 e. The molecule has 10 nitrogen and oxygen atoms in total. The molecule has 0 aliphatic rings. The van der Waals surface area contributed by atoms with Crippen molar-refractivity contribution in [1.29, 1.82) is 0 Å². The van der Waals surface area contributed by atoms with Gasteiger partial charge in [-0.05, 0) is 50.2 Å². The Hall–Kier alpha value is -3.57. The highest BCUT2D eigenvalue weighted by atomic mass is 32.2. The van der Waals surface area contributed by atoms with E-state index in [1.165, 1.54) is 39.4 Å². The third-order valence-electron chi connectivity index (χ3n) is 4.96. The molecule has 1 heterocycles. The lowest BCUT2D eigenvalue weighted by molar-refractivity contribution is -0.119. The molecule has 1 N–H and O–H groups in total. The summed E-state index contributed by atoms with van der Waals surface area (Å²) in [5, 5.41) is 3.21. The first-order valence-electron chi connectivity index (χ1n) is 10.3. The molecule has 2 aromatic carbocycles. The second-order valence-corrected chi connectivity index (χ2v) is 9.57. The Balaban J connectivity index is 1.73. The molecule has 3 rings (SSSR count). The van der Waals surface area contributed by atoms with Gasteiger partial charge in [0, 0.05) is 25.0 Å². The van der Waals surface area contributed by atoms with Crippen molar-refractivity contribution in [3.8, 4) is 11.5 Å². The number of benzene rings is 2. The van der Waals surface area contributed by atoms with Gasteiger partial charge in [-0.25, -0.2) is 17.5 Å². The van der Waals surface area contributed by atoms with Crippen LogP contribution in [0, 0.1) is 6.92 Å². The van der Waals surface area contributed by atoms with Gasteiger partial charge in [-0.1, -0.05) is 0 Å². The van der Waals surface area contributed by atoms with Gasteiger partial charge in [0.2, 0.25) is 15.8 Å². The number of esters is 1. The average Bonchev–Trinajstić information content (AvgIpc) is 3.13. The zero-order chi connectivity index (χ0) is 25.0. The number of hydrogen-bond acceptors (Lipinski definition) is 8. The van der Waals surface area contributed by atoms with E-state index in [9.17, 15) is 18.0 Å². The molecular formula is C23H26N2O8S. The fraction of sp³-hybridized carbons (Fsp3) is 0.304. The van der Waals surface area contributed by atoms with Crippen LogP contribution in [0.1, 0.15) is 23.0 Å². The number of anilines is 1. The summed E-state index contributed by atoms with van der Waals surface area (Å²) in [6, 6.07) is 9.25. The molecule has 0 fully saturated rings. The van der Waals surface area contributed by atoms with Gasteiger partial charge in [0.1, 0.15) is 17.1 Å². The third-order valence-corrected chi connectivity index (χ3v) is 6.77. The van der Waals surface area contributed by atoms with E-state index >= 15 is 0 Å². The number of fused-ring (bicyclic) bond motifs is 1. The number of nitrogens with zero attached hydrogens (tertiary/aromatic N) is 1. The molecule has 0 spiro atoms. The molecule has 1 aromatic heterocycles. The van der Waals surface area contributed by atoms with Crippen molar-refractivity contribution >= 4 is 38.6 Å². The lowest BCUT2D eigenvalue weighted by Crippen LogP contribution is -2.23. The molecule has 0 aliphatic carbocycles. The zero-order valence-corrected chi connectivity index (χ0v) is 20.3. The first kappa shape index (κ1) is 25.1. The van der Waals surface area contributed by atoms with E-state index in [4.69, 9.17) is 18.6 Å². The molecule has 34 heavy (non-hydrogen) atoms. The third kappa shape index (κ3) is 5.15. The molecule has 0 saturated heterocycles. The van der Waals surface area contributed by atoms with Crippen LogP contribution in [0.15, 0.2) is 45.7 Å². The van der Waals surface area contributed by atoms with Gasteiger partial charge >= 0.3 is 5.97 Å². The van der Waals surface area contributed by atoms with E-state index in [0.29, 0.717) is 28.9 Å². The largest absolute Gasteiger partial charge is 0.495 e. The van der Waals surface area contributed by atoms with Crippen LogP contribution < -0.4 is 14.8 Å². The number of sulfonamides is 1. The first-order chi connectivity index (χ1) is 16.1. The van der Waals surface area contributed by atoms with E-state index in [1.54, 1.807) is 25.1 Å². The van der Waals surface area contributed by atoms with Gasteiger partial charge in [0.25, 0.3) is 5.91 Å². The summed E-state index contributed by atoms with van der Waals surface area (Å²) in [4.78, 5) is 25.0. The summed E-state index contributed by atoms with van der Waals surface area (Å²) in [5.41, 5.74) is 1.17. The lowest BCUT2D eigenvalue weighted by atomic mass is 10.1. The Morgan fingerprint density at radius 3 is 2.50 bits per heavy atom. The van der Waals surface area contributed by atoms with Gasteiger partial charge in [-0.15, -0.1) is 0 Å². The van der Waals surface area contributed by atoms with Crippen LogP contribution >= 0.6 is 0 Å². The predicted octanol–water partition coefficient (Wildman–Crippen LogP) is 3.19. The Bertz CT molecular complexity index is 1330. The number of carbonyl (C=O) groups is 2. The number of furan rings is 1. The van der Waals surface area contributed by atoms with Crippen LogP contribution in [0.5, 0.6) is 11.5 Å². The van der Waals surface area contributed by atoms with Crippen LogP contribution in [0.2, 0.25) is 0 Å². The number of amides is 1. The molecule has 0 bridgehead atoms. The maximum absolute atomic E-state index is 12.5. The number of hydrogen-bond donors (Lipinski definition) is 1. The minimum atomic E-state index is -3.73. The summed E-state index contributed by atoms with van der Waals surface area (Å²) < 4.78 is 47.2. The number of carbonyl (C=O) groups excluding carboxylic acids is 2. The fourth-order valence-electron chi connectivity index (χ4n) is 3.19. The molecule has 0 unspecified atom stereocenters. The number of aryl methyl sites for hydroxylation is 1. The topological polar surface area (TPSA) is 124 Å². The second-order valence-electron chi connectivity index (χ2n) is 7.42. The van der Waals surface area contributed by atoms with Crippen molar-refractivity contribution in [1.82, 2.24) is 4.31 Å². The zero-order valence-electron chi connectivity index (χ0n) is 19.5. The van der Waals surface area contributed by atoms with E-state index < -0.39 is 28.5 Å². The van der Waals surface area contributed by atoms with Crippen LogP contribution in [0.3, 0.4) is 0 Å². The minimum absolute atomic E-state index is 0.0203. The van der Waals surface area contributed by atoms with Gasteiger partial charge in [-0.3, -0.25) is 4.79 Å². The quantitative estimate of drug-likeness (QED) is 0.454. The normalized spacial score (nSPS) is 11.5. The standard InChI is InChI=1S/C23H26N2O8S/c1-6-31-15-7-9-19-17(11-15)14(2)22(33-19)23(27)32-13-21(26)24-18-12-16(8-10-20(18)30-5)34(28,29)25(3)4/h7-12H,6,13H2,1-5H3,(H,24,26). The molecule has 182 valence electrons. The van der Waals surface area contributed by atoms with Crippen molar-refractivity contribution in [2.45, 2.75) is 18.7 Å². The predicted molar refractivity (Wildman–Crippen MR) is 125 cm³/mol. The van der Waals surface area contributed by atoms with Crippen molar-refractivity contribution in [2.75, 3.05) is 39.7 Å². The number of ether oxygens (including phenoxy) is 3. The highest BCUT2D eigenvalue weighted by molar-refractivity contribution is 7.89. The maximum atomic E-state index is 12.5. The number of rotatable bonds is 9. The van der Waals surface area contributed by atoms with Gasteiger partial charge in [0.15, 0.2) is 6.61 Å². The summed E-state index contributed by atoms with van der Waals surface area (Å²) in [5.74, 6) is -0.620. The SMILES string of the molecule is CCOc1ccc2oc(C(=O)OCC(=O)Nc3cc(S(=O)(=O)N(C)C)ccc3OC)c(C)c2c1. The summed E-state index contributed by atoms with van der Waals surface area (Å²) in [6.07, 6.45) is 0. The second kappa shape index (κ2) is 10.1. The molecule has 11 heteroatoms. The molecule has 0 aliphatic heterocycles. The molecule has 3 aromatic rings. The van der Waals surface area contributed by atoms with Crippen LogP contribution in [-0.2, 0) is 19.6 Å². The lowest BCUT2D eigenvalue weighted by Gasteiger charge is -2.15. The summed E-state index contributed by atoms with van der Waals surface area (Å²) in [7, 11) is 0.450. The Morgan fingerprint density at radius 1 is 1.12 bits per heavy atom. The fourth-order valence-corrected chi connectivity index (χ4v) is 4.12. The average molecular weight is 491 g/mol. The number of methoxy groups -OCH3 is 1. The van der Waals surface area contributed by atoms with Crippen molar-refractivity contribution in [3.63, 3.8) is 0 Å². The Kier molecular flexibility index (Phi) is 7.48. The van der Waals surface area contributed by atoms with Crippen LogP contribution in [0.25, 0.3) is 11.0 Å². The highest BCUT2D eigenvalue weighted by Gasteiger charge is 2.22. The monoisotopic (exact) mass is 490 g/mol. The van der Waals surface area contributed by atoms with E-state index in [1.807, 2.05) is 6.92 Å². The molecule has 0 radical (unpaired) electrons. The van der Waals surface area contributed by atoms with E-state index in [2.05, 4.69) is 5.32 Å². The summed E-state index contributed by atoms with van der Waals surface area (Å²) in [6.45, 7) is 3.46. The van der Waals surface area contributed by atoms with Crippen molar-refractivity contribution < 1.29 is 36.6 Å². The molecule has 0 saturated carbocycles. The highest BCUT2D eigenvalue weighted by Crippen LogP contribution is 2.30. The Morgan fingerprint density at radius 2 is 1.85 bits per heavy atom. The minimum Gasteiger partial charge on any atom is -0.495 e. The van der Waals surface area contributed by atoms with E-state index in [0.717, 1.165) is 4.31 Å². The van der Waals surface area contributed by atoms with Gasteiger partial charge in [0.05, 0.1) is 24.3 Å². The first-order valence-corrected chi connectivity index (χ1v) is 11.8. The Labute approximate surface area is 197 Å². The van der Waals surface area contributed by atoms with E-state index in [-0.39, 0.29) is 22.1 Å². The molecular weight excluding hydrogens is 464 g/mol. The molecule has 0 atom stereocenters. The van der Waals surface area contributed by atoms with Crippen molar-refractivity contribution in [3.05, 3.63) is 47.7 Å². The molecule has 1 amide bonds. The van der Waals surface area contributed by atoms with Gasteiger partial charge in [-0.2, -0.15) is 0 Å². The van der Waals surface area contributed by atoms with Crippen molar-refractivity contribution in [2.24, 2.45) is 0 Å². The number of nitrogens with one attached hydrogen (secondary N) is 1. The van der Waals surface area contributed by atoms with Crippen LogP contribution in [-0.4, -0.2) is 59.0 Å². The maximum Gasteiger partial charge on any atom is 0.375 e. The van der Waals surface area contributed by atoms with Gasteiger partial charge < -0.3 is 23.9 Å². The van der Waals surface area contributed by atoms with Crippen LogP contribution in [0.4, 0.5) is 5.69 Å². The summed E-state index contributed by atoms with van der Waals surface area (Å²) >= 11 is 0.